The lowest BCUT2D eigenvalue weighted by molar-refractivity contribution is -0.142. The third-order valence-electron chi connectivity index (χ3n) is 6.95. The second kappa shape index (κ2) is 13.7. The van der Waals surface area contributed by atoms with Crippen molar-refractivity contribution in [2.75, 3.05) is 0 Å². The summed E-state index contributed by atoms with van der Waals surface area (Å²) >= 11 is 0. The minimum absolute atomic E-state index is 0.00430. The number of aliphatic carboxylic acids is 1. The summed E-state index contributed by atoms with van der Waals surface area (Å²) < 4.78 is 0. The van der Waals surface area contributed by atoms with Crippen molar-refractivity contribution in [1.29, 1.82) is 0 Å². The molecule has 0 radical (unpaired) electrons. The van der Waals surface area contributed by atoms with Gasteiger partial charge in [0.1, 0.15) is 18.1 Å². The molecule has 0 saturated carbocycles. The molecule has 0 aliphatic heterocycles. The van der Waals surface area contributed by atoms with Crippen LogP contribution in [0.4, 0.5) is 0 Å². The molecule has 216 valence electrons. The van der Waals surface area contributed by atoms with E-state index >= 15 is 0 Å². The Hall–Kier alpha value is -4.23. The van der Waals surface area contributed by atoms with E-state index in [1.807, 2.05) is 31.2 Å². The number of aromatic amines is 2. The van der Waals surface area contributed by atoms with Crippen molar-refractivity contribution in [2.45, 2.75) is 70.3 Å². The number of aromatic nitrogens is 3. The van der Waals surface area contributed by atoms with Crippen molar-refractivity contribution in [3.63, 3.8) is 0 Å². The number of carbonyl (C=O) groups is 4. The molecular formula is C27H37N7O6. The quantitative estimate of drug-likeness (QED) is 0.135. The average molecular weight is 556 g/mol. The molecule has 0 spiro atoms. The Labute approximate surface area is 231 Å². The van der Waals surface area contributed by atoms with Crippen LogP contribution in [-0.2, 0) is 32.0 Å². The Bertz CT molecular complexity index is 1310. The molecule has 2 aromatic heterocycles. The number of H-pyrrole nitrogens is 2. The highest BCUT2D eigenvalue weighted by molar-refractivity contribution is 5.94. The van der Waals surface area contributed by atoms with E-state index in [1.165, 1.54) is 19.4 Å². The fraction of sp³-hybridized carbons (Fsp3) is 0.444. The van der Waals surface area contributed by atoms with Crippen molar-refractivity contribution in [3.8, 4) is 0 Å². The lowest BCUT2D eigenvalue weighted by Gasteiger charge is -2.27. The second-order valence-electron chi connectivity index (χ2n) is 9.94. The van der Waals surface area contributed by atoms with Crippen molar-refractivity contribution < 1.29 is 29.4 Å². The SMILES string of the molecule is CCC(C)C(N)C(=O)NC(C(=O)NC(Cc1cnc[nH]1)C(=O)NC(Cc1c[nH]c2ccccc12)C(=O)O)C(C)O. The van der Waals surface area contributed by atoms with Crippen LogP contribution in [-0.4, -0.2) is 79.1 Å². The third-order valence-corrected chi connectivity index (χ3v) is 6.95. The number of amides is 3. The zero-order valence-corrected chi connectivity index (χ0v) is 22.7. The Balaban J connectivity index is 1.78. The summed E-state index contributed by atoms with van der Waals surface area (Å²) in [7, 11) is 0. The van der Waals surface area contributed by atoms with Gasteiger partial charge in [0.2, 0.25) is 17.7 Å². The number of benzene rings is 1. The molecule has 2 heterocycles. The molecule has 6 unspecified atom stereocenters. The molecule has 1 aromatic carbocycles. The van der Waals surface area contributed by atoms with Gasteiger partial charge in [-0.05, 0) is 24.5 Å². The number of nitrogens with two attached hydrogens (primary N) is 1. The smallest absolute Gasteiger partial charge is 0.326 e. The standard InChI is InChI=1S/C27H37N7O6/c1-4-14(2)22(28)25(37)34-23(15(3)35)26(38)32-20(10-17-12-29-13-31-17)24(36)33-21(27(39)40)9-16-11-30-19-8-6-5-7-18(16)19/h5-8,11-15,20-23,30,35H,4,9-10,28H2,1-3H3,(H,29,31)(H,32,38)(H,33,36)(H,34,37)(H,39,40). The Morgan fingerprint density at radius 1 is 0.975 bits per heavy atom. The van der Waals surface area contributed by atoms with Gasteiger partial charge in [-0.15, -0.1) is 0 Å². The van der Waals surface area contributed by atoms with Crippen molar-refractivity contribution in [2.24, 2.45) is 11.7 Å². The molecule has 0 aliphatic carbocycles. The molecule has 6 atom stereocenters. The summed E-state index contributed by atoms with van der Waals surface area (Å²) in [5.41, 5.74) is 8.01. The zero-order valence-electron chi connectivity index (χ0n) is 22.7. The van der Waals surface area contributed by atoms with E-state index in [0.717, 1.165) is 10.9 Å². The monoisotopic (exact) mass is 555 g/mol. The van der Waals surface area contributed by atoms with E-state index < -0.39 is 54.0 Å². The number of nitrogens with zero attached hydrogens (tertiary/aromatic N) is 1. The van der Waals surface area contributed by atoms with E-state index in [1.54, 1.807) is 13.1 Å². The van der Waals surface area contributed by atoms with E-state index in [0.29, 0.717) is 17.7 Å². The highest BCUT2D eigenvalue weighted by Gasteiger charge is 2.33. The average Bonchev–Trinajstić information content (AvgIpc) is 3.59. The van der Waals surface area contributed by atoms with E-state index in [9.17, 15) is 29.4 Å². The molecule has 3 aromatic rings. The summed E-state index contributed by atoms with van der Waals surface area (Å²) in [5.74, 6) is -3.63. The Morgan fingerprint density at radius 2 is 1.68 bits per heavy atom. The molecule has 3 amide bonds. The second-order valence-corrected chi connectivity index (χ2v) is 9.94. The fourth-order valence-corrected chi connectivity index (χ4v) is 4.25. The molecule has 3 rings (SSSR count). The number of imidazole rings is 1. The number of para-hydroxylation sites is 1. The van der Waals surface area contributed by atoms with Crippen LogP contribution in [0.25, 0.3) is 10.9 Å². The highest BCUT2D eigenvalue weighted by Crippen LogP contribution is 2.19. The van der Waals surface area contributed by atoms with Gasteiger partial charge in [0.25, 0.3) is 0 Å². The highest BCUT2D eigenvalue weighted by atomic mass is 16.4. The Kier molecular flexibility index (Phi) is 10.4. The maximum absolute atomic E-state index is 13.4. The fourth-order valence-electron chi connectivity index (χ4n) is 4.25. The summed E-state index contributed by atoms with van der Waals surface area (Å²) in [6.45, 7) is 4.99. The van der Waals surface area contributed by atoms with Crippen LogP contribution in [0.3, 0.4) is 0 Å². The van der Waals surface area contributed by atoms with Crippen molar-refractivity contribution in [1.82, 2.24) is 30.9 Å². The summed E-state index contributed by atoms with van der Waals surface area (Å²) in [6.07, 6.45) is 3.83. The molecule has 0 saturated heterocycles. The van der Waals surface area contributed by atoms with Crippen LogP contribution in [0.5, 0.6) is 0 Å². The first-order valence-electron chi connectivity index (χ1n) is 13.1. The summed E-state index contributed by atoms with van der Waals surface area (Å²) in [5, 5.41) is 28.5. The molecule has 13 heteroatoms. The third kappa shape index (κ3) is 7.67. The number of carboxylic acids is 1. The first-order chi connectivity index (χ1) is 19.0. The number of carboxylic acid groups (broad SMARTS) is 1. The maximum atomic E-state index is 13.4. The molecule has 0 bridgehead atoms. The van der Waals surface area contributed by atoms with E-state index in [-0.39, 0.29) is 18.8 Å². The van der Waals surface area contributed by atoms with Crippen molar-refractivity contribution in [3.05, 3.63) is 54.2 Å². The molecule has 9 N–H and O–H groups in total. The van der Waals surface area contributed by atoms with Gasteiger partial charge in [-0.2, -0.15) is 0 Å². The minimum atomic E-state index is -1.40. The van der Waals surface area contributed by atoms with Crippen LogP contribution < -0.4 is 21.7 Å². The summed E-state index contributed by atoms with van der Waals surface area (Å²) in [6, 6.07) is 2.54. The van der Waals surface area contributed by atoms with Crippen LogP contribution in [0.15, 0.2) is 43.0 Å². The molecular weight excluding hydrogens is 518 g/mol. The summed E-state index contributed by atoms with van der Waals surface area (Å²) in [4.78, 5) is 61.1. The number of hydrogen-bond acceptors (Lipinski definition) is 7. The number of aliphatic hydroxyl groups is 1. The van der Waals surface area contributed by atoms with Gasteiger partial charge in [0, 0.05) is 41.8 Å². The molecule has 40 heavy (non-hydrogen) atoms. The lowest BCUT2D eigenvalue weighted by Crippen LogP contribution is -2.60. The largest absolute Gasteiger partial charge is 0.480 e. The van der Waals surface area contributed by atoms with Gasteiger partial charge in [-0.25, -0.2) is 9.78 Å². The number of carbonyl (C=O) groups excluding carboxylic acids is 3. The first kappa shape index (κ1) is 30.3. The van der Waals surface area contributed by atoms with Gasteiger partial charge in [0.05, 0.1) is 18.5 Å². The first-order valence-corrected chi connectivity index (χ1v) is 13.1. The molecule has 0 fully saturated rings. The number of rotatable bonds is 14. The topological polar surface area (TPSA) is 215 Å². The number of hydrogen-bond donors (Lipinski definition) is 8. The minimum Gasteiger partial charge on any atom is -0.480 e. The van der Waals surface area contributed by atoms with Gasteiger partial charge in [0.15, 0.2) is 0 Å². The lowest BCUT2D eigenvalue weighted by atomic mass is 9.98. The van der Waals surface area contributed by atoms with Gasteiger partial charge < -0.3 is 41.9 Å². The maximum Gasteiger partial charge on any atom is 0.326 e. The van der Waals surface area contributed by atoms with Gasteiger partial charge >= 0.3 is 5.97 Å². The predicted octanol–water partition coefficient (Wildman–Crippen LogP) is -0.0306. The van der Waals surface area contributed by atoms with Crippen LogP contribution >= 0.6 is 0 Å². The normalized spacial score (nSPS) is 15.8. The van der Waals surface area contributed by atoms with E-state index in [4.69, 9.17) is 5.73 Å². The van der Waals surface area contributed by atoms with E-state index in [2.05, 4.69) is 30.9 Å². The van der Waals surface area contributed by atoms with Crippen LogP contribution in [0.1, 0.15) is 38.4 Å². The molecule has 0 aliphatic rings. The number of nitrogens with one attached hydrogen (secondary N) is 5. The van der Waals surface area contributed by atoms with Gasteiger partial charge in [-0.1, -0.05) is 38.5 Å². The van der Waals surface area contributed by atoms with Crippen LogP contribution in [0, 0.1) is 5.92 Å². The van der Waals surface area contributed by atoms with Gasteiger partial charge in [-0.3, -0.25) is 14.4 Å². The predicted molar refractivity (Wildman–Crippen MR) is 147 cm³/mol. The van der Waals surface area contributed by atoms with Crippen molar-refractivity contribution >= 4 is 34.6 Å². The number of fused-ring (bicyclic) bond motifs is 1. The molecule has 13 nitrogen and oxygen atoms in total. The zero-order chi connectivity index (χ0) is 29.4. The number of aliphatic hydroxyl groups excluding tert-OH is 1. The van der Waals surface area contributed by atoms with Crippen LogP contribution in [0.2, 0.25) is 0 Å². The Morgan fingerprint density at radius 3 is 2.30 bits per heavy atom.